The fourth-order valence-corrected chi connectivity index (χ4v) is 1.85. The molecule has 0 saturated heterocycles. The molecule has 0 aliphatic heterocycles. The van der Waals surface area contributed by atoms with Crippen LogP contribution in [0.5, 0.6) is 0 Å². The van der Waals surface area contributed by atoms with Gasteiger partial charge in [-0.25, -0.2) is 0 Å². The number of methoxy groups -OCH3 is 1. The van der Waals surface area contributed by atoms with Crippen LogP contribution in [-0.4, -0.2) is 18.6 Å². The highest BCUT2D eigenvalue weighted by Crippen LogP contribution is 2.41. The van der Waals surface area contributed by atoms with Gasteiger partial charge in [0.05, 0.1) is 12.5 Å². The smallest absolute Gasteiger partial charge is 0.313 e. The first kappa shape index (κ1) is 14.4. The lowest BCUT2D eigenvalue weighted by atomic mass is 9.65. The van der Waals surface area contributed by atoms with Gasteiger partial charge in [-0.15, -0.1) is 0 Å². The number of hydrogen-bond donors (Lipinski definition) is 1. The fourth-order valence-electron chi connectivity index (χ4n) is 1.85. The van der Waals surface area contributed by atoms with E-state index in [-0.39, 0.29) is 11.4 Å². The Labute approximate surface area is 93.4 Å². The molecule has 1 unspecified atom stereocenters. The number of nitrogens with two attached hydrogens (primary N) is 1. The number of carbonyl (C=O) groups is 1. The second kappa shape index (κ2) is 4.12. The van der Waals surface area contributed by atoms with Crippen molar-refractivity contribution in [1.82, 2.24) is 0 Å². The molecule has 0 spiro atoms. The van der Waals surface area contributed by atoms with Gasteiger partial charge in [-0.1, -0.05) is 20.8 Å². The molecule has 0 heterocycles. The molecular formula is C12H25NO2. The quantitative estimate of drug-likeness (QED) is 0.735. The maximum Gasteiger partial charge on any atom is 0.313 e. The maximum absolute atomic E-state index is 11.9. The zero-order chi connectivity index (χ0) is 12.5. The van der Waals surface area contributed by atoms with Crippen molar-refractivity contribution >= 4 is 5.97 Å². The second-order valence-corrected chi connectivity index (χ2v) is 6.28. The van der Waals surface area contributed by atoms with E-state index in [1.807, 2.05) is 20.8 Å². The maximum atomic E-state index is 11.9. The molecule has 0 aromatic heterocycles. The molecule has 15 heavy (non-hydrogen) atoms. The summed E-state index contributed by atoms with van der Waals surface area (Å²) in [5, 5.41) is 0. The largest absolute Gasteiger partial charge is 0.469 e. The summed E-state index contributed by atoms with van der Waals surface area (Å²) < 4.78 is 4.87. The molecule has 0 amide bonds. The standard InChI is InChI=1S/C12H25NO2/c1-10(2,3)8-12(6,9(14)15-7)11(4,5)13/h8,13H2,1-7H3. The summed E-state index contributed by atoms with van der Waals surface area (Å²) in [4.78, 5) is 11.9. The summed E-state index contributed by atoms with van der Waals surface area (Å²) in [5.41, 5.74) is 4.90. The van der Waals surface area contributed by atoms with Crippen LogP contribution in [0.4, 0.5) is 0 Å². The normalized spacial score (nSPS) is 17.1. The van der Waals surface area contributed by atoms with Crippen LogP contribution in [0.25, 0.3) is 0 Å². The Kier molecular flexibility index (Phi) is 3.97. The molecule has 0 aliphatic carbocycles. The summed E-state index contributed by atoms with van der Waals surface area (Å²) >= 11 is 0. The van der Waals surface area contributed by atoms with Crippen molar-refractivity contribution < 1.29 is 9.53 Å². The lowest BCUT2D eigenvalue weighted by Crippen LogP contribution is -2.55. The lowest BCUT2D eigenvalue weighted by Gasteiger charge is -2.42. The van der Waals surface area contributed by atoms with Gasteiger partial charge in [0.15, 0.2) is 0 Å². The van der Waals surface area contributed by atoms with E-state index in [9.17, 15) is 4.79 Å². The van der Waals surface area contributed by atoms with Gasteiger partial charge in [0.25, 0.3) is 0 Å². The van der Waals surface area contributed by atoms with Crippen molar-refractivity contribution in [2.24, 2.45) is 16.6 Å². The summed E-state index contributed by atoms with van der Waals surface area (Å²) in [5.74, 6) is -0.232. The highest BCUT2D eigenvalue weighted by molar-refractivity contribution is 5.78. The number of ether oxygens (including phenoxy) is 1. The Morgan fingerprint density at radius 3 is 1.73 bits per heavy atom. The summed E-state index contributed by atoms with van der Waals surface area (Å²) in [6.07, 6.45) is 0.705. The van der Waals surface area contributed by atoms with Crippen molar-refractivity contribution in [2.45, 2.75) is 53.5 Å². The van der Waals surface area contributed by atoms with Crippen molar-refractivity contribution in [2.75, 3.05) is 7.11 Å². The minimum absolute atomic E-state index is 0.0412. The Hall–Kier alpha value is -0.570. The molecule has 3 heteroatoms. The second-order valence-electron chi connectivity index (χ2n) is 6.28. The zero-order valence-corrected chi connectivity index (χ0v) is 11.1. The van der Waals surface area contributed by atoms with Crippen LogP contribution in [0.3, 0.4) is 0 Å². The third-order valence-corrected chi connectivity index (χ3v) is 2.94. The van der Waals surface area contributed by atoms with Crippen LogP contribution in [0.2, 0.25) is 0 Å². The average molecular weight is 215 g/mol. The molecule has 0 bridgehead atoms. The number of esters is 1. The predicted molar refractivity (Wildman–Crippen MR) is 62.5 cm³/mol. The van der Waals surface area contributed by atoms with Crippen LogP contribution in [0.1, 0.15) is 48.0 Å². The molecule has 0 saturated carbocycles. The van der Waals surface area contributed by atoms with E-state index in [1.54, 1.807) is 0 Å². The van der Waals surface area contributed by atoms with E-state index in [4.69, 9.17) is 10.5 Å². The van der Waals surface area contributed by atoms with Gasteiger partial charge < -0.3 is 10.5 Å². The number of carbonyl (C=O) groups excluding carboxylic acids is 1. The third-order valence-electron chi connectivity index (χ3n) is 2.94. The topological polar surface area (TPSA) is 52.3 Å². The number of hydrogen-bond acceptors (Lipinski definition) is 3. The predicted octanol–water partition coefficient (Wildman–Crippen LogP) is 2.34. The molecule has 2 N–H and O–H groups in total. The minimum Gasteiger partial charge on any atom is -0.469 e. The van der Waals surface area contributed by atoms with Crippen molar-refractivity contribution in [3.8, 4) is 0 Å². The monoisotopic (exact) mass is 215 g/mol. The van der Waals surface area contributed by atoms with E-state index in [1.165, 1.54) is 7.11 Å². The van der Waals surface area contributed by atoms with Crippen LogP contribution < -0.4 is 5.73 Å². The molecule has 0 radical (unpaired) electrons. The van der Waals surface area contributed by atoms with Gasteiger partial charge >= 0.3 is 5.97 Å². The molecule has 0 aliphatic rings. The summed E-state index contributed by atoms with van der Waals surface area (Å²) in [6, 6.07) is 0. The molecule has 3 nitrogen and oxygen atoms in total. The minimum atomic E-state index is -0.653. The van der Waals surface area contributed by atoms with Crippen LogP contribution >= 0.6 is 0 Å². The van der Waals surface area contributed by atoms with Crippen LogP contribution in [-0.2, 0) is 9.53 Å². The van der Waals surface area contributed by atoms with Crippen molar-refractivity contribution in [3.63, 3.8) is 0 Å². The van der Waals surface area contributed by atoms with E-state index in [2.05, 4.69) is 20.8 Å². The Balaban J connectivity index is 5.14. The van der Waals surface area contributed by atoms with Crippen LogP contribution in [0.15, 0.2) is 0 Å². The lowest BCUT2D eigenvalue weighted by molar-refractivity contribution is -0.157. The first-order chi connectivity index (χ1) is 6.44. The zero-order valence-electron chi connectivity index (χ0n) is 11.1. The van der Waals surface area contributed by atoms with E-state index in [0.29, 0.717) is 6.42 Å². The molecule has 0 aromatic carbocycles. The molecular weight excluding hydrogens is 190 g/mol. The van der Waals surface area contributed by atoms with Gasteiger partial charge in [-0.05, 0) is 32.6 Å². The first-order valence-corrected chi connectivity index (χ1v) is 5.31. The summed E-state index contributed by atoms with van der Waals surface area (Å²) in [6.45, 7) is 11.9. The highest BCUT2D eigenvalue weighted by atomic mass is 16.5. The average Bonchev–Trinajstić information content (AvgIpc) is 1.97. The summed E-state index contributed by atoms with van der Waals surface area (Å²) in [7, 11) is 1.41. The molecule has 0 fully saturated rings. The van der Waals surface area contributed by atoms with E-state index in [0.717, 1.165) is 0 Å². The Bertz CT molecular complexity index is 235. The SMILES string of the molecule is COC(=O)C(C)(CC(C)(C)C)C(C)(C)N. The van der Waals surface area contributed by atoms with E-state index < -0.39 is 11.0 Å². The molecule has 0 rings (SSSR count). The van der Waals surface area contributed by atoms with Gasteiger partial charge in [-0.3, -0.25) is 4.79 Å². The fraction of sp³-hybridized carbons (Fsp3) is 0.917. The van der Waals surface area contributed by atoms with Gasteiger partial charge in [0.1, 0.15) is 0 Å². The van der Waals surface area contributed by atoms with Crippen LogP contribution in [0, 0.1) is 10.8 Å². The van der Waals surface area contributed by atoms with Crippen molar-refractivity contribution in [1.29, 1.82) is 0 Å². The Morgan fingerprint density at radius 1 is 1.13 bits per heavy atom. The van der Waals surface area contributed by atoms with Gasteiger partial charge in [0, 0.05) is 5.54 Å². The van der Waals surface area contributed by atoms with Gasteiger partial charge in [-0.2, -0.15) is 0 Å². The van der Waals surface area contributed by atoms with Gasteiger partial charge in [0.2, 0.25) is 0 Å². The molecule has 0 aromatic rings. The Morgan fingerprint density at radius 2 is 1.53 bits per heavy atom. The first-order valence-electron chi connectivity index (χ1n) is 5.31. The molecule has 1 atom stereocenters. The highest BCUT2D eigenvalue weighted by Gasteiger charge is 2.47. The third kappa shape index (κ3) is 3.49. The van der Waals surface area contributed by atoms with Crippen molar-refractivity contribution in [3.05, 3.63) is 0 Å². The van der Waals surface area contributed by atoms with E-state index >= 15 is 0 Å². The molecule has 90 valence electrons. The number of rotatable bonds is 3.